The van der Waals surface area contributed by atoms with E-state index in [0.717, 1.165) is 50.7 Å². The monoisotopic (exact) mass is 594 g/mol. The summed E-state index contributed by atoms with van der Waals surface area (Å²) in [4.78, 5) is 31.1. The number of rotatable bonds is 6. The van der Waals surface area contributed by atoms with Gasteiger partial charge in [-0.3, -0.25) is 4.79 Å². The van der Waals surface area contributed by atoms with Crippen LogP contribution >= 0.6 is 0 Å². The van der Waals surface area contributed by atoms with Gasteiger partial charge in [-0.25, -0.2) is 4.79 Å². The van der Waals surface area contributed by atoms with Crippen molar-refractivity contribution in [3.63, 3.8) is 0 Å². The van der Waals surface area contributed by atoms with Crippen molar-refractivity contribution in [1.29, 1.82) is 0 Å². The maximum atomic E-state index is 12.8. The van der Waals surface area contributed by atoms with Crippen LogP contribution in [-0.2, 0) is 14.4 Å². The summed E-state index contributed by atoms with van der Waals surface area (Å²) in [7, 11) is 0. The minimum atomic E-state index is -0.439. The highest BCUT2D eigenvalue weighted by Crippen LogP contribution is 2.66. The molecule has 1 amide bonds. The Kier molecular flexibility index (Phi) is 7.25. The fourth-order valence-corrected chi connectivity index (χ4v) is 10.1. The van der Waals surface area contributed by atoms with E-state index < -0.39 is 6.09 Å². The Labute approximate surface area is 261 Å². The Morgan fingerprint density at radius 2 is 1.59 bits per heavy atom. The van der Waals surface area contributed by atoms with Gasteiger partial charge in [0.25, 0.3) is 0 Å². The third-order valence-electron chi connectivity index (χ3n) is 12.4. The minimum Gasteiger partial charge on any atom is -0.449 e. The molecular weight excluding hydrogens is 548 g/mol. The zero-order chi connectivity index (χ0) is 30.7. The molecule has 0 unspecified atom stereocenters. The van der Waals surface area contributed by atoms with Gasteiger partial charge in [-0.2, -0.15) is 0 Å². The Morgan fingerprint density at radius 3 is 2.32 bits per heavy atom. The van der Waals surface area contributed by atoms with Gasteiger partial charge in [0, 0.05) is 23.2 Å². The van der Waals surface area contributed by atoms with Crippen molar-refractivity contribution in [3.05, 3.63) is 71.3 Å². The normalized spacial score (nSPS) is 32.5. The van der Waals surface area contributed by atoms with Gasteiger partial charge < -0.3 is 14.9 Å². The summed E-state index contributed by atoms with van der Waals surface area (Å²) in [5, 5.41) is 7.46. The highest BCUT2D eigenvalue weighted by atomic mass is 16.6. The number of carbonyl (C=O) groups excluding carboxylic acids is 2. The van der Waals surface area contributed by atoms with E-state index in [1.54, 1.807) is 0 Å². The van der Waals surface area contributed by atoms with Gasteiger partial charge in [0.05, 0.1) is 12.3 Å². The van der Waals surface area contributed by atoms with E-state index in [0.29, 0.717) is 43.3 Å². The number of benzene rings is 2. The molecule has 5 aliphatic rings. The van der Waals surface area contributed by atoms with Crippen LogP contribution in [0.2, 0.25) is 0 Å². The lowest BCUT2D eigenvalue weighted by atomic mass is 9.45. The number of fused-ring (bicyclic) bond motifs is 8. The van der Waals surface area contributed by atoms with E-state index in [2.05, 4.69) is 80.6 Å². The molecule has 6 heteroatoms. The summed E-state index contributed by atoms with van der Waals surface area (Å²) < 4.78 is 5.65. The van der Waals surface area contributed by atoms with Crippen LogP contribution in [0.3, 0.4) is 0 Å². The van der Waals surface area contributed by atoms with Crippen LogP contribution in [0.5, 0.6) is 0 Å². The van der Waals surface area contributed by atoms with Crippen molar-refractivity contribution >= 4 is 17.6 Å². The fourth-order valence-electron chi connectivity index (χ4n) is 10.1. The molecule has 232 valence electrons. The second-order valence-electron chi connectivity index (χ2n) is 14.8. The molecule has 5 aliphatic carbocycles. The average molecular weight is 595 g/mol. The Morgan fingerprint density at radius 1 is 0.909 bits per heavy atom. The van der Waals surface area contributed by atoms with Gasteiger partial charge in [-0.15, -0.1) is 0 Å². The summed E-state index contributed by atoms with van der Waals surface area (Å²) in [6, 6.07) is 16.7. The summed E-state index contributed by atoms with van der Waals surface area (Å²) in [5.41, 5.74) is 7.28. The Balaban J connectivity index is 0.930. The van der Waals surface area contributed by atoms with Crippen LogP contribution in [0.15, 0.2) is 65.3 Å². The molecule has 7 rings (SSSR count). The first-order valence-corrected chi connectivity index (χ1v) is 16.7. The molecule has 1 N–H and O–H groups in total. The maximum absolute atomic E-state index is 12.8. The quantitative estimate of drug-likeness (QED) is 0.208. The summed E-state index contributed by atoms with van der Waals surface area (Å²) in [6.45, 7) is 10.2. The van der Waals surface area contributed by atoms with Crippen molar-refractivity contribution in [2.45, 2.75) is 78.6 Å². The van der Waals surface area contributed by atoms with Crippen LogP contribution in [0.4, 0.5) is 4.79 Å². The van der Waals surface area contributed by atoms with Crippen LogP contribution in [0.25, 0.3) is 11.1 Å². The van der Waals surface area contributed by atoms with Crippen LogP contribution in [0.1, 0.15) is 89.7 Å². The topological polar surface area (TPSA) is 77.0 Å². The van der Waals surface area contributed by atoms with Crippen LogP contribution in [-0.4, -0.2) is 37.3 Å². The first-order chi connectivity index (χ1) is 21.1. The molecule has 0 aromatic heterocycles. The summed E-state index contributed by atoms with van der Waals surface area (Å²) in [6.07, 6.45) is 9.16. The number of hydrogen-bond donors (Lipinski definition) is 1. The molecule has 6 nitrogen and oxygen atoms in total. The number of ether oxygens (including phenoxy) is 1. The van der Waals surface area contributed by atoms with E-state index in [1.165, 1.54) is 27.8 Å². The second kappa shape index (κ2) is 10.9. The summed E-state index contributed by atoms with van der Waals surface area (Å²) in [5.74, 6) is 2.33. The number of nitrogens with one attached hydrogen (secondary N) is 1. The number of amides is 1. The number of carbonyl (C=O) groups is 2. The molecule has 2 aromatic rings. The van der Waals surface area contributed by atoms with Crippen molar-refractivity contribution < 1.29 is 19.2 Å². The highest BCUT2D eigenvalue weighted by molar-refractivity contribution is 5.93. The molecule has 0 heterocycles. The third kappa shape index (κ3) is 4.54. The van der Waals surface area contributed by atoms with E-state index in [4.69, 9.17) is 9.57 Å². The Hall–Kier alpha value is -3.41. The molecule has 0 saturated heterocycles. The molecule has 5 atom stereocenters. The van der Waals surface area contributed by atoms with Gasteiger partial charge in [-0.05, 0) is 83.9 Å². The average Bonchev–Trinajstić information content (AvgIpc) is 3.50. The predicted octanol–water partition coefficient (Wildman–Crippen LogP) is 8.07. The number of Topliss-reactive ketones (excluding diaryl/α,β-unsaturated/α-hetero) is 1. The highest BCUT2D eigenvalue weighted by Gasteiger charge is 2.60. The fraction of sp³-hybridized carbons (Fsp3) is 0.553. The molecule has 3 saturated carbocycles. The number of oxime groups is 1. The first kappa shape index (κ1) is 29.3. The molecule has 3 fully saturated rings. The lowest BCUT2D eigenvalue weighted by Crippen LogP contribution is -2.53. The van der Waals surface area contributed by atoms with E-state index >= 15 is 0 Å². The van der Waals surface area contributed by atoms with E-state index in [9.17, 15) is 9.59 Å². The van der Waals surface area contributed by atoms with Crippen molar-refractivity contribution in [2.24, 2.45) is 39.2 Å². The zero-order valence-electron chi connectivity index (χ0n) is 26.7. The second-order valence-corrected chi connectivity index (χ2v) is 14.8. The van der Waals surface area contributed by atoms with Crippen LogP contribution < -0.4 is 5.32 Å². The van der Waals surface area contributed by atoms with Gasteiger partial charge >= 0.3 is 6.09 Å². The van der Waals surface area contributed by atoms with Gasteiger partial charge in [0.15, 0.2) is 0 Å². The SMILES string of the molecule is CC1(C)C2=CC[C@@H]3[C@H](CC[C@]4(C)C(=O)CC[C@@H]34)[C@@]2(C)CC/C1=N\OCCNC(=O)OCC1c2ccccc2-c2ccccc21. The Bertz CT molecular complexity index is 1500. The first-order valence-electron chi connectivity index (χ1n) is 16.7. The molecular formula is C38H46N2O4. The molecule has 0 spiro atoms. The van der Waals surface area contributed by atoms with E-state index in [-0.39, 0.29) is 22.2 Å². The lowest BCUT2D eigenvalue weighted by Gasteiger charge is -2.59. The third-order valence-corrected chi connectivity index (χ3v) is 12.4. The van der Waals surface area contributed by atoms with Gasteiger partial charge in [0.1, 0.15) is 19.0 Å². The molecule has 0 aliphatic heterocycles. The molecule has 2 aromatic carbocycles. The van der Waals surface area contributed by atoms with Gasteiger partial charge in [-0.1, -0.05) is 93.0 Å². The molecule has 44 heavy (non-hydrogen) atoms. The molecule has 0 radical (unpaired) electrons. The van der Waals surface area contributed by atoms with E-state index in [1.807, 2.05) is 12.1 Å². The van der Waals surface area contributed by atoms with Crippen molar-refractivity contribution in [2.75, 3.05) is 19.8 Å². The number of hydrogen-bond acceptors (Lipinski definition) is 5. The number of ketones is 1. The lowest BCUT2D eigenvalue weighted by molar-refractivity contribution is -0.131. The van der Waals surface area contributed by atoms with Crippen molar-refractivity contribution in [1.82, 2.24) is 5.32 Å². The molecule has 0 bridgehead atoms. The van der Waals surface area contributed by atoms with Crippen LogP contribution in [0, 0.1) is 34.0 Å². The zero-order valence-corrected chi connectivity index (χ0v) is 26.7. The number of allylic oxidation sites excluding steroid dienone is 2. The van der Waals surface area contributed by atoms with Gasteiger partial charge in [0.2, 0.25) is 0 Å². The maximum Gasteiger partial charge on any atom is 0.407 e. The summed E-state index contributed by atoms with van der Waals surface area (Å²) >= 11 is 0. The number of alkyl carbamates (subject to hydrolysis) is 1. The largest absolute Gasteiger partial charge is 0.449 e. The predicted molar refractivity (Wildman–Crippen MR) is 172 cm³/mol. The number of nitrogens with zero attached hydrogens (tertiary/aromatic N) is 1. The minimum absolute atomic E-state index is 0.0400. The smallest absolute Gasteiger partial charge is 0.407 e. The standard InChI is InChI=1S/C38H46N2O4/c1-36(2)32-15-13-28-30-14-16-34(41)38(30,4)19-17-31(28)37(32,3)20-18-33(36)40-44-22-21-39-35(42)43-23-29-26-11-7-5-9-24(26)25-10-6-8-12-27(25)29/h5-12,15,28-31H,13-14,16-23H2,1-4H3,(H,39,42)/b40-33+/t28-,30-,31-,37+,38-/m0/s1. The van der Waals surface area contributed by atoms with Crippen molar-refractivity contribution in [3.8, 4) is 11.1 Å².